The maximum absolute atomic E-state index is 13.7. The van der Waals surface area contributed by atoms with Crippen LogP contribution in [0.3, 0.4) is 0 Å². The number of nitrogens with zero attached hydrogens (tertiary/aromatic N) is 3. The number of ether oxygens (including phenoxy) is 2. The molecule has 1 amide bonds. The summed E-state index contributed by atoms with van der Waals surface area (Å²) in [6, 6.07) is 16.4. The normalized spacial score (nSPS) is 14.3. The number of carbonyl (C=O) groups excluding carboxylic acids is 1. The Kier molecular flexibility index (Phi) is 6.23. The molecule has 4 aromatic rings. The van der Waals surface area contributed by atoms with Crippen LogP contribution in [0.5, 0.6) is 11.5 Å². The zero-order valence-electron chi connectivity index (χ0n) is 20.3. The number of aromatic nitrogens is 1. The van der Waals surface area contributed by atoms with Gasteiger partial charge in [-0.25, -0.2) is 4.98 Å². The third kappa shape index (κ3) is 4.63. The zero-order chi connectivity index (χ0) is 24.6. The number of rotatable bonds is 8. The summed E-state index contributed by atoms with van der Waals surface area (Å²) in [5.41, 5.74) is 3.90. The van der Waals surface area contributed by atoms with Crippen molar-refractivity contribution in [3.63, 3.8) is 0 Å². The summed E-state index contributed by atoms with van der Waals surface area (Å²) in [5, 5.41) is 5.35. The van der Waals surface area contributed by atoms with Crippen molar-refractivity contribution >= 4 is 45.7 Å². The van der Waals surface area contributed by atoms with Crippen LogP contribution >= 0.6 is 23.1 Å². The predicted octanol–water partition coefficient (Wildman–Crippen LogP) is 6.19. The van der Waals surface area contributed by atoms with E-state index in [1.165, 1.54) is 10.5 Å². The molecule has 1 aliphatic carbocycles. The van der Waals surface area contributed by atoms with Crippen LogP contribution in [0, 0.1) is 0 Å². The van der Waals surface area contributed by atoms with Gasteiger partial charge in [0.05, 0.1) is 5.52 Å². The molecule has 0 spiro atoms. The fourth-order valence-corrected chi connectivity index (χ4v) is 5.71. The van der Waals surface area contributed by atoms with Gasteiger partial charge in [-0.2, -0.15) is 11.3 Å². The van der Waals surface area contributed by atoms with Gasteiger partial charge in [0, 0.05) is 47.6 Å². The zero-order valence-corrected chi connectivity index (χ0v) is 21.9. The molecular weight excluding hydrogens is 490 g/mol. The average molecular weight is 518 g/mol. The lowest BCUT2D eigenvalue weighted by atomic mass is 10.1. The second kappa shape index (κ2) is 9.67. The quantitative estimate of drug-likeness (QED) is 0.260. The predicted molar refractivity (Wildman–Crippen MR) is 145 cm³/mol. The minimum atomic E-state index is 0.0139. The number of pyridine rings is 1. The smallest absolute Gasteiger partial charge is 0.254 e. The molecule has 0 radical (unpaired) electrons. The summed E-state index contributed by atoms with van der Waals surface area (Å²) in [7, 11) is 2.08. The van der Waals surface area contributed by atoms with Crippen molar-refractivity contribution in [2.24, 2.45) is 0 Å². The number of thioether (sulfide) groups is 1. The summed E-state index contributed by atoms with van der Waals surface area (Å²) in [6.45, 7) is 1.46. The lowest BCUT2D eigenvalue weighted by Crippen LogP contribution is -2.33. The van der Waals surface area contributed by atoms with Crippen LogP contribution < -0.4 is 14.4 Å². The van der Waals surface area contributed by atoms with E-state index in [9.17, 15) is 4.79 Å². The van der Waals surface area contributed by atoms with E-state index in [-0.39, 0.29) is 18.7 Å². The van der Waals surface area contributed by atoms with E-state index >= 15 is 0 Å². The highest BCUT2D eigenvalue weighted by Gasteiger charge is 2.34. The molecule has 6 nitrogen and oxygen atoms in total. The van der Waals surface area contributed by atoms with Crippen LogP contribution in [0.1, 0.15) is 34.3 Å². The molecule has 184 valence electrons. The lowest BCUT2D eigenvalue weighted by molar-refractivity contribution is 0.0729. The molecule has 36 heavy (non-hydrogen) atoms. The number of hydrogen-bond donors (Lipinski definition) is 0. The molecule has 2 aromatic heterocycles. The molecule has 8 heteroatoms. The van der Waals surface area contributed by atoms with Gasteiger partial charge in [-0.1, -0.05) is 6.07 Å². The van der Waals surface area contributed by atoms with Crippen LogP contribution in [-0.2, 0) is 13.1 Å². The molecule has 1 saturated carbocycles. The molecule has 2 aliphatic rings. The molecule has 1 fully saturated rings. The van der Waals surface area contributed by atoms with Gasteiger partial charge in [-0.3, -0.25) is 4.79 Å². The minimum Gasteiger partial charge on any atom is -0.454 e. The summed E-state index contributed by atoms with van der Waals surface area (Å²) >= 11 is 3.41. The maximum atomic E-state index is 13.7. The Balaban J connectivity index is 1.36. The lowest BCUT2D eigenvalue weighted by Gasteiger charge is -2.27. The number of benzene rings is 2. The third-order valence-corrected chi connectivity index (χ3v) is 8.11. The van der Waals surface area contributed by atoms with Crippen molar-refractivity contribution < 1.29 is 14.3 Å². The van der Waals surface area contributed by atoms with E-state index in [1.807, 2.05) is 17.0 Å². The average Bonchev–Trinajstić information content (AvgIpc) is 3.40. The molecule has 6 rings (SSSR count). The van der Waals surface area contributed by atoms with E-state index in [4.69, 9.17) is 14.5 Å². The highest BCUT2D eigenvalue weighted by Crippen LogP contribution is 2.36. The van der Waals surface area contributed by atoms with Crippen molar-refractivity contribution in [1.82, 2.24) is 9.88 Å². The van der Waals surface area contributed by atoms with Gasteiger partial charge in [0.15, 0.2) is 11.5 Å². The number of fused-ring (bicyclic) bond motifs is 2. The van der Waals surface area contributed by atoms with E-state index in [0.29, 0.717) is 23.6 Å². The first-order valence-corrected chi connectivity index (χ1v) is 14.2. The van der Waals surface area contributed by atoms with Gasteiger partial charge in [-0.05, 0) is 77.9 Å². The summed E-state index contributed by atoms with van der Waals surface area (Å²) in [5.74, 6) is 2.24. The van der Waals surface area contributed by atoms with Crippen LogP contribution in [0.15, 0.2) is 64.2 Å². The minimum absolute atomic E-state index is 0.0139. The molecule has 0 saturated heterocycles. The Hall–Kier alpha value is -3.23. The van der Waals surface area contributed by atoms with E-state index in [0.717, 1.165) is 41.7 Å². The Bertz CT molecular complexity index is 1420. The van der Waals surface area contributed by atoms with Crippen LogP contribution in [-0.4, -0.2) is 41.9 Å². The SMILES string of the molecule is CSc1ccc2cc(CN(C(=O)c3ccc4c(c3)OCO4)C3CC3)c(N(C)Cc3ccsc3)nc2c1. The molecule has 0 N–H and O–H groups in total. The van der Waals surface area contributed by atoms with E-state index < -0.39 is 0 Å². The Morgan fingerprint density at radius 3 is 2.72 bits per heavy atom. The largest absolute Gasteiger partial charge is 0.454 e. The standard InChI is InChI=1S/C28H27N3O3S2/c1-30(14-18-9-10-36-16-18)27-21(11-19-3-7-23(35-2)13-24(19)29-27)15-31(22-5-6-22)28(32)20-4-8-25-26(12-20)34-17-33-25/h3-4,7-13,16,22H,5-6,14-15,17H2,1-2H3. The monoisotopic (exact) mass is 517 g/mol. The first-order chi connectivity index (χ1) is 17.6. The first kappa shape index (κ1) is 23.2. The summed E-state index contributed by atoms with van der Waals surface area (Å²) in [6.07, 6.45) is 4.12. The molecule has 0 atom stereocenters. The number of amides is 1. The number of anilines is 1. The molecule has 2 aromatic carbocycles. The molecule has 0 unspecified atom stereocenters. The van der Waals surface area contributed by atoms with Crippen LogP contribution in [0.2, 0.25) is 0 Å². The van der Waals surface area contributed by atoms with Crippen molar-refractivity contribution in [3.8, 4) is 11.5 Å². The number of hydrogen-bond acceptors (Lipinski definition) is 7. The second-order valence-electron chi connectivity index (χ2n) is 9.25. The first-order valence-electron chi connectivity index (χ1n) is 12.0. The number of carbonyl (C=O) groups is 1. The topological polar surface area (TPSA) is 54.9 Å². The van der Waals surface area contributed by atoms with Gasteiger partial charge < -0.3 is 19.3 Å². The highest BCUT2D eigenvalue weighted by atomic mass is 32.2. The van der Waals surface area contributed by atoms with Crippen molar-refractivity contribution in [2.45, 2.75) is 36.9 Å². The van der Waals surface area contributed by atoms with Crippen LogP contribution in [0.4, 0.5) is 5.82 Å². The van der Waals surface area contributed by atoms with Gasteiger partial charge >= 0.3 is 0 Å². The van der Waals surface area contributed by atoms with Gasteiger partial charge in [0.2, 0.25) is 6.79 Å². The van der Waals surface area contributed by atoms with Crippen molar-refractivity contribution in [1.29, 1.82) is 0 Å². The molecule has 3 heterocycles. The second-order valence-corrected chi connectivity index (χ2v) is 10.9. The Labute approximate surface area is 218 Å². The van der Waals surface area contributed by atoms with Crippen molar-refractivity contribution in [3.05, 3.63) is 76.0 Å². The molecule has 0 bridgehead atoms. The molecular formula is C28H27N3O3S2. The van der Waals surface area contributed by atoms with Gasteiger partial charge in [0.1, 0.15) is 5.82 Å². The van der Waals surface area contributed by atoms with E-state index in [1.54, 1.807) is 29.2 Å². The Morgan fingerprint density at radius 1 is 1.08 bits per heavy atom. The maximum Gasteiger partial charge on any atom is 0.254 e. The fourth-order valence-electron chi connectivity index (χ4n) is 4.62. The summed E-state index contributed by atoms with van der Waals surface area (Å²) < 4.78 is 11.0. The van der Waals surface area contributed by atoms with Gasteiger partial charge in [-0.15, -0.1) is 11.8 Å². The Morgan fingerprint density at radius 2 is 1.94 bits per heavy atom. The molecule has 1 aliphatic heterocycles. The fraction of sp³-hybridized carbons (Fsp3) is 0.286. The van der Waals surface area contributed by atoms with Gasteiger partial charge in [0.25, 0.3) is 5.91 Å². The van der Waals surface area contributed by atoms with Crippen molar-refractivity contribution in [2.75, 3.05) is 25.0 Å². The highest BCUT2D eigenvalue weighted by molar-refractivity contribution is 7.98. The van der Waals surface area contributed by atoms with Crippen LogP contribution in [0.25, 0.3) is 10.9 Å². The third-order valence-electron chi connectivity index (χ3n) is 6.65. The summed E-state index contributed by atoms with van der Waals surface area (Å²) in [4.78, 5) is 24.2. The number of thiophene rings is 1. The van der Waals surface area contributed by atoms with E-state index in [2.05, 4.69) is 59.3 Å².